The molecule has 0 aliphatic rings. The van der Waals surface area contributed by atoms with Crippen molar-refractivity contribution in [1.29, 1.82) is 0 Å². The third-order valence-electron chi connectivity index (χ3n) is 2.25. The molecule has 0 aromatic carbocycles. The zero-order valence-electron chi connectivity index (χ0n) is 8.74. The van der Waals surface area contributed by atoms with E-state index in [9.17, 15) is 25.2 Å². The summed E-state index contributed by atoms with van der Waals surface area (Å²) in [6.45, 7) is 2.62. The summed E-state index contributed by atoms with van der Waals surface area (Å²) in [4.78, 5) is 10.7. The predicted octanol–water partition coefficient (Wildman–Crippen LogP) is -2.21. The predicted molar refractivity (Wildman–Crippen MR) is 51.0 cm³/mol. The SMILES string of the molecule is CCC(O)[C@@H](O)[C@@H](O)[C@H](O)[C@@H](O)C(C)=O. The Hall–Kier alpha value is -0.530. The molecule has 0 bridgehead atoms. The molecule has 5 N–H and O–H groups in total. The van der Waals surface area contributed by atoms with Crippen LogP contribution in [0.2, 0.25) is 0 Å². The molecule has 15 heavy (non-hydrogen) atoms. The fourth-order valence-electron chi connectivity index (χ4n) is 1.10. The number of ketones is 1. The molecule has 0 aromatic rings. The number of rotatable bonds is 6. The molecule has 0 aliphatic carbocycles. The average Bonchev–Trinajstić information content (AvgIpc) is 2.23. The van der Waals surface area contributed by atoms with Crippen molar-refractivity contribution >= 4 is 5.78 Å². The van der Waals surface area contributed by atoms with Crippen molar-refractivity contribution in [2.24, 2.45) is 0 Å². The maximum absolute atomic E-state index is 10.7. The summed E-state index contributed by atoms with van der Waals surface area (Å²) >= 11 is 0. The van der Waals surface area contributed by atoms with Gasteiger partial charge in [0.05, 0.1) is 6.10 Å². The van der Waals surface area contributed by atoms with Crippen molar-refractivity contribution in [3.8, 4) is 0 Å². The van der Waals surface area contributed by atoms with Gasteiger partial charge in [-0.2, -0.15) is 0 Å². The van der Waals surface area contributed by atoms with Gasteiger partial charge in [0.15, 0.2) is 5.78 Å². The van der Waals surface area contributed by atoms with Crippen LogP contribution in [0.4, 0.5) is 0 Å². The van der Waals surface area contributed by atoms with Crippen molar-refractivity contribution in [3.63, 3.8) is 0 Å². The highest BCUT2D eigenvalue weighted by atomic mass is 16.4. The molecule has 5 atom stereocenters. The van der Waals surface area contributed by atoms with Gasteiger partial charge in [-0.15, -0.1) is 0 Å². The molecular weight excluding hydrogens is 204 g/mol. The molecule has 6 heteroatoms. The average molecular weight is 222 g/mol. The third kappa shape index (κ3) is 3.84. The summed E-state index contributed by atoms with van der Waals surface area (Å²) in [5.74, 6) is -0.722. The minimum absolute atomic E-state index is 0.182. The van der Waals surface area contributed by atoms with Crippen LogP contribution in [0.1, 0.15) is 20.3 Å². The number of Topliss-reactive ketones (excluding diaryl/α,β-unsaturated/α-hetero) is 1. The number of hydrogen-bond donors (Lipinski definition) is 5. The van der Waals surface area contributed by atoms with Crippen LogP contribution in [0.5, 0.6) is 0 Å². The van der Waals surface area contributed by atoms with Crippen molar-refractivity contribution in [2.45, 2.75) is 50.8 Å². The summed E-state index contributed by atoms with van der Waals surface area (Å²) in [7, 11) is 0. The summed E-state index contributed by atoms with van der Waals surface area (Å²) in [6.07, 6.45) is -7.97. The second kappa shape index (κ2) is 6.14. The van der Waals surface area contributed by atoms with Gasteiger partial charge in [-0.3, -0.25) is 4.79 Å². The molecule has 0 amide bonds. The second-order valence-corrected chi connectivity index (χ2v) is 3.50. The second-order valence-electron chi connectivity index (χ2n) is 3.50. The highest BCUT2D eigenvalue weighted by molar-refractivity contribution is 5.80. The van der Waals surface area contributed by atoms with Gasteiger partial charge in [0.25, 0.3) is 0 Å². The highest BCUT2D eigenvalue weighted by Gasteiger charge is 2.35. The Morgan fingerprint density at radius 3 is 1.80 bits per heavy atom. The molecule has 0 saturated carbocycles. The van der Waals surface area contributed by atoms with Crippen molar-refractivity contribution in [2.75, 3.05) is 0 Å². The van der Waals surface area contributed by atoms with E-state index in [1.807, 2.05) is 0 Å². The third-order valence-corrected chi connectivity index (χ3v) is 2.25. The van der Waals surface area contributed by atoms with Crippen LogP contribution in [-0.2, 0) is 4.79 Å². The summed E-state index contributed by atoms with van der Waals surface area (Å²) < 4.78 is 0. The van der Waals surface area contributed by atoms with Gasteiger partial charge in [-0.25, -0.2) is 0 Å². The van der Waals surface area contributed by atoms with E-state index in [0.29, 0.717) is 0 Å². The minimum Gasteiger partial charge on any atom is -0.390 e. The van der Waals surface area contributed by atoms with Crippen LogP contribution >= 0.6 is 0 Å². The molecule has 1 unspecified atom stereocenters. The fourth-order valence-corrected chi connectivity index (χ4v) is 1.10. The van der Waals surface area contributed by atoms with Crippen LogP contribution in [0.25, 0.3) is 0 Å². The molecule has 90 valence electrons. The van der Waals surface area contributed by atoms with Crippen LogP contribution in [-0.4, -0.2) is 61.8 Å². The monoisotopic (exact) mass is 222 g/mol. The zero-order valence-corrected chi connectivity index (χ0v) is 8.74. The van der Waals surface area contributed by atoms with Crippen molar-refractivity contribution in [1.82, 2.24) is 0 Å². The molecular formula is C9H18O6. The van der Waals surface area contributed by atoms with E-state index in [-0.39, 0.29) is 6.42 Å². The van der Waals surface area contributed by atoms with Gasteiger partial charge in [0.1, 0.15) is 24.4 Å². The Balaban J connectivity index is 4.42. The van der Waals surface area contributed by atoms with Gasteiger partial charge in [0.2, 0.25) is 0 Å². The van der Waals surface area contributed by atoms with Crippen LogP contribution in [0.15, 0.2) is 0 Å². The first-order valence-corrected chi connectivity index (χ1v) is 4.73. The minimum atomic E-state index is -1.81. The van der Waals surface area contributed by atoms with E-state index in [0.717, 1.165) is 6.92 Å². The lowest BCUT2D eigenvalue weighted by atomic mass is 9.96. The number of aliphatic hydroxyl groups is 5. The van der Waals surface area contributed by atoms with E-state index in [4.69, 9.17) is 5.11 Å². The van der Waals surface area contributed by atoms with Crippen molar-refractivity contribution < 1.29 is 30.3 Å². The normalized spacial score (nSPS) is 21.5. The molecule has 0 spiro atoms. The molecule has 6 nitrogen and oxygen atoms in total. The van der Waals surface area contributed by atoms with Gasteiger partial charge < -0.3 is 25.5 Å². The molecule has 0 heterocycles. The Labute approximate surface area is 87.8 Å². The number of aliphatic hydroxyl groups excluding tert-OH is 5. The topological polar surface area (TPSA) is 118 Å². The van der Waals surface area contributed by atoms with Gasteiger partial charge in [-0.1, -0.05) is 6.92 Å². The number of carbonyl (C=O) groups is 1. The van der Waals surface area contributed by atoms with E-state index in [1.54, 1.807) is 6.92 Å². The highest BCUT2D eigenvalue weighted by Crippen LogP contribution is 2.10. The fraction of sp³-hybridized carbons (Fsp3) is 0.889. The Morgan fingerprint density at radius 1 is 1.00 bits per heavy atom. The molecule has 0 radical (unpaired) electrons. The number of carbonyl (C=O) groups excluding carboxylic acids is 1. The molecule has 0 aromatic heterocycles. The van der Waals surface area contributed by atoms with Crippen LogP contribution < -0.4 is 0 Å². The first-order chi connectivity index (χ1) is 6.82. The maximum Gasteiger partial charge on any atom is 0.160 e. The molecule has 0 rings (SSSR count). The van der Waals surface area contributed by atoms with E-state index in [2.05, 4.69) is 0 Å². The van der Waals surface area contributed by atoms with E-state index in [1.165, 1.54) is 0 Å². The quantitative estimate of drug-likeness (QED) is 0.348. The van der Waals surface area contributed by atoms with Gasteiger partial charge in [-0.05, 0) is 13.3 Å². The molecule has 0 aliphatic heterocycles. The summed E-state index contributed by atoms with van der Waals surface area (Å²) in [5, 5.41) is 46.2. The first-order valence-electron chi connectivity index (χ1n) is 4.73. The van der Waals surface area contributed by atoms with E-state index < -0.39 is 36.3 Å². The lowest BCUT2D eigenvalue weighted by Gasteiger charge is -2.27. The number of hydrogen-bond acceptors (Lipinski definition) is 6. The Bertz CT molecular complexity index is 207. The zero-order chi connectivity index (χ0) is 12.2. The summed E-state index contributed by atoms with van der Waals surface area (Å²) in [5.41, 5.74) is 0. The molecule has 0 saturated heterocycles. The lowest BCUT2D eigenvalue weighted by Crippen LogP contribution is -2.50. The standard InChI is InChI=1S/C9H18O6/c1-3-5(11)7(13)9(15)8(14)6(12)4(2)10/h5-9,11-15H,3H2,1-2H3/t5?,6-,7+,8+,9+/m0/s1. The van der Waals surface area contributed by atoms with Gasteiger partial charge in [0, 0.05) is 0 Å². The van der Waals surface area contributed by atoms with Crippen molar-refractivity contribution in [3.05, 3.63) is 0 Å². The first kappa shape index (κ1) is 14.5. The maximum atomic E-state index is 10.7. The smallest absolute Gasteiger partial charge is 0.160 e. The molecule has 0 fully saturated rings. The van der Waals surface area contributed by atoms with E-state index >= 15 is 0 Å². The Kier molecular flexibility index (Phi) is 5.92. The summed E-state index contributed by atoms with van der Waals surface area (Å²) in [6, 6.07) is 0. The van der Waals surface area contributed by atoms with Crippen LogP contribution in [0.3, 0.4) is 0 Å². The lowest BCUT2D eigenvalue weighted by molar-refractivity contribution is -0.151. The Morgan fingerprint density at radius 2 is 1.47 bits per heavy atom. The largest absolute Gasteiger partial charge is 0.390 e. The van der Waals surface area contributed by atoms with Gasteiger partial charge >= 0.3 is 0 Å². The van der Waals surface area contributed by atoms with Crippen LogP contribution in [0, 0.1) is 0 Å².